The number of nitrogens with zero attached hydrogens (tertiary/aromatic N) is 1. The van der Waals surface area contributed by atoms with Crippen LogP contribution in [0.3, 0.4) is 0 Å². The van der Waals surface area contributed by atoms with E-state index in [4.69, 9.17) is 10.5 Å². The lowest BCUT2D eigenvalue weighted by atomic mass is 10.2. The summed E-state index contributed by atoms with van der Waals surface area (Å²) >= 11 is 3.31. The second kappa shape index (κ2) is 5.86. The number of ether oxygens (including phenoxy) is 1. The van der Waals surface area contributed by atoms with Gasteiger partial charge in [-0.1, -0.05) is 6.07 Å². The zero-order chi connectivity index (χ0) is 12.1. The van der Waals surface area contributed by atoms with E-state index in [-0.39, 0.29) is 5.91 Å². The van der Waals surface area contributed by atoms with Crippen LogP contribution in [0, 0.1) is 0 Å². The summed E-state index contributed by atoms with van der Waals surface area (Å²) < 4.78 is 5.57. The summed E-state index contributed by atoms with van der Waals surface area (Å²) in [5.41, 5.74) is 6.85. The molecular weight excluding hydrogens is 272 g/mol. The molecule has 16 heavy (non-hydrogen) atoms. The average molecular weight is 287 g/mol. The molecule has 0 unspecified atom stereocenters. The Labute approximate surface area is 103 Å². The molecule has 1 aromatic carbocycles. The second-order valence-corrected chi connectivity index (χ2v) is 4.22. The van der Waals surface area contributed by atoms with Crippen LogP contribution in [0.25, 0.3) is 0 Å². The molecule has 5 heteroatoms. The van der Waals surface area contributed by atoms with Gasteiger partial charge in [-0.2, -0.15) is 0 Å². The van der Waals surface area contributed by atoms with Crippen molar-refractivity contribution in [3.05, 3.63) is 28.2 Å². The minimum atomic E-state index is -0.0729. The highest BCUT2D eigenvalue weighted by Crippen LogP contribution is 2.24. The molecule has 0 saturated carbocycles. The van der Waals surface area contributed by atoms with Crippen LogP contribution >= 0.6 is 15.9 Å². The van der Waals surface area contributed by atoms with Crippen LogP contribution in [0.1, 0.15) is 10.4 Å². The van der Waals surface area contributed by atoms with Crippen LogP contribution in [-0.2, 0) is 4.74 Å². The van der Waals surface area contributed by atoms with Crippen molar-refractivity contribution in [1.29, 1.82) is 0 Å². The Balaban J connectivity index is 2.84. The Morgan fingerprint density at radius 1 is 1.56 bits per heavy atom. The van der Waals surface area contributed by atoms with Crippen molar-refractivity contribution < 1.29 is 9.53 Å². The molecule has 0 atom stereocenters. The fourth-order valence-corrected chi connectivity index (χ4v) is 1.68. The van der Waals surface area contributed by atoms with Gasteiger partial charge in [0.25, 0.3) is 5.91 Å². The number of methoxy groups -OCH3 is 1. The van der Waals surface area contributed by atoms with Crippen molar-refractivity contribution in [2.45, 2.75) is 0 Å². The van der Waals surface area contributed by atoms with Crippen molar-refractivity contribution >= 4 is 27.5 Å². The molecule has 1 rings (SSSR count). The first-order valence-corrected chi connectivity index (χ1v) is 5.65. The first-order chi connectivity index (χ1) is 7.57. The van der Waals surface area contributed by atoms with Crippen molar-refractivity contribution in [1.82, 2.24) is 4.90 Å². The molecule has 0 aliphatic carbocycles. The maximum Gasteiger partial charge on any atom is 0.254 e. The summed E-state index contributed by atoms with van der Waals surface area (Å²) in [6, 6.07) is 5.25. The van der Waals surface area contributed by atoms with Crippen molar-refractivity contribution in [3.8, 4) is 0 Å². The summed E-state index contributed by atoms with van der Waals surface area (Å²) in [6.45, 7) is 1.07. The van der Waals surface area contributed by atoms with Crippen LogP contribution in [-0.4, -0.2) is 38.1 Å². The highest BCUT2D eigenvalue weighted by Gasteiger charge is 2.15. The number of benzene rings is 1. The van der Waals surface area contributed by atoms with E-state index < -0.39 is 0 Å². The Morgan fingerprint density at radius 3 is 2.88 bits per heavy atom. The molecular formula is C11H15BrN2O2. The number of anilines is 1. The third kappa shape index (κ3) is 2.96. The Bertz CT molecular complexity index is 382. The van der Waals surface area contributed by atoms with E-state index in [9.17, 15) is 4.79 Å². The van der Waals surface area contributed by atoms with Crippen LogP contribution in [0.15, 0.2) is 22.7 Å². The van der Waals surface area contributed by atoms with Crippen LogP contribution in [0.4, 0.5) is 5.69 Å². The van der Waals surface area contributed by atoms with Gasteiger partial charge in [-0.25, -0.2) is 0 Å². The maximum atomic E-state index is 12.0. The van der Waals surface area contributed by atoms with Gasteiger partial charge in [0.1, 0.15) is 0 Å². The molecule has 0 aliphatic rings. The highest BCUT2D eigenvalue weighted by molar-refractivity contribution is 9.10. The largest absolute Gasteiger partial charge is 0.398 e. The van der Waals surface area contributed by atoms with Crippen LogP contribution < -0.4 is 5.73 Å². The molecule has 0 aromatic heterocycles. The highest BCUT2D eigenvalue weighted by atomic mass is 79.9. The normalized spacial score (nSPS) is 10.2. The summed E-state index contributed by atoms with van der Waals surface area (Å²) in [5.74, 6) is -0.0729. The van der Waals surface area contributed by atoms with Crippen molar-refractivity contribution in [2.75, 3.05) is 33.0 Å². The van der Waals surface area contributed by atoms with Crippen molar-refractivity contribution in [2.24, 2.45) is 0 Å². The number of nitrogens with two attached hydrogens (primary N) is 1. The van der Waals surface area contributed by atoms with Gasteiger partial charge in [-0.05, 0) is 28.1 Å². The molecule has 0 heterocycles. The van der Waals surface area contributed by atoms with Gasteiger partial charge in [0.2, 0.25) is 0 Å². The molecule has 0 fully saturated rings. The summed E-state index contributed by atoms with van der Waals surface area (Å²) in [4.78, 5) is 13.6. The predicted molar refractivity (Wildman–Crippen MR) is 67.4 cm³/mol. The molecule has 1 aromatic rings. The van der Waals surface area contributed by atoms with Crippen LogP contribution in [0.5, 0.6) is 0 Å². The van der Waals surface area contributed by atoms with Gasteiger partial charge in [-0.3, -0.25) is 4.79 Å². The van der Waals surface area contributed by atoms with Crippen molar-refractivity contribution in [3.63, 3.8) is 0 Å². The molecule has 88 valence electrons. The van der Waals surface area contributed by atoms with E-state index in [2.05, 4.69) is 15.9 Å². The van der Waals surface area contributed by atoms with Gasteiger partial charge < -0.3 is 15.4 Å². The summed E-state index contributed by atoms with van der Waals surface area (Å²) in [5, 5.41) is 0. The molecule has 0 aliphatic heterocycles. The zero-order valence-corrected chi connectivity index (χ0v) is 11.0. The van der Waals surface area contributed by atoms with E-state index in [1.54, 1.807) is 37.3 Å². The topological polar surface area (TPSA) is 55.6 Å². The Kier molecular flexibility index (Phi) is 4.76. The van der Waals surface area contributed by atoms with Crippen LogP contribution in [0.2, 0.25) is 0 Å². The number of hydrogen-bond donors (Lipinski definition) is 1. The summed E-state index contributed by atoms with van der Waals surface area (Å²) in [6.07, 6.45) is 0. The van der Waals surface area contributed by atoms with Gasteiger partial charge in [0.05, 0.1) is 16.6 Å². The third-order valence-electron chi connectivity index (χ3n) is 2.24. The van der Waals surface area contributed by atoms with E-state index in [0.717, 1.165) is 0 Å². The average Bonchev–Trinajstić information content (AvgIpc) is 2.28. The Morgan fingerprint density at radius 2 is 2.25 bits per heavy atom. The molecule has 0 bridgehead atoms. The number of nitrogen functional groups attached to an aromatic ring is 1. The monoisotopic (exact) mass is 286 g/mol. The van der Waals surface area contributed by atoms with Gasteiger partial charge >= 0.3 is 0 Å². The lowest BCUT2D eigenvalue weighted by Crippen LogP contribution is -2.30. The van der Waals surface area contributed by atoms with E-state index >= 15 is 0 Å². The second-order valence-electron chi connectivity index (χ2n) is 3.43. The molecule has 0 saturated heterocycles. The fraction of sp³-hybridized carbons (Fsp3) is 0.364. The third-order valence-corrected chi connectivity index (χ3v) is 3.12. The van der Waals surface area contributed by atoms with Gasteiger partial charge in [0, 0.05) is 26.4 Å². The predicted octanol–water partition coefficient (Wildman–Crippen LogP) is 1.75. The summed E-state index contributed by atoms with van der Waals surface area (Å²) in [7, 11) is 3.34. The number of likely N-dealkylation sites (N-methyl/N-ethyl adjacent to an activating group) is 1. The number of amides is 1. The fourth-order valence-electron chi connectivity index (χ4n) is 1.25. The minimum Gasteiger partial charge on any atom is -0.398 e. The number of rotatable bonds is 4. The molecule has 1 amide bonds. The van der Waals surface area contributed by atoms with E-state index in [0.29, 0.717) is 28.9 Å². The SMILES string of the molecule is COCCN(C)C(=O)c1cccc(N)c1Br. The zero-order valence-electron chi connectivity index (χ0n) is 9.37. The maximum absolute atomic E-state index is 12.0. The lowest BCUT2D eigenvalue weighted by Gasteiger charge is -2.17. The number of hydrogen-bond acceptors (Lipinski definition) is 3. The Hall–Kier alpha value is -1.07. The smallest absolute Gasteiger partial charge is 0.254 e. The minimum absolute atomic E-state index is 0.0729. The van der Waals surface area contributed by atoms with E-state index in [1.807, 2.05) is 0 Å². The standard InChI is InChI=1S/C11H15BrN2O2/c1-14(6-7-16-2)11(15)8-4-3-5-9(13)10(8)12/h3-5H,6-7,13H2,1-2H3. The van der Waals surface area contributed by atoms with Gasteiger partial charge in [-0.15, -0.1) is 0 Å². The molecule has 0 spiro atoms. The quantitative estimate of drug-likeness (QED) is 0.858. The van der Waals surface area contributed by atoms with E-state index in [1.165, 1.54) is 0 Å². The molecule has 2 N–H and O–H groups in total. The first kappa shape index (κ1) is 13.0. The van der Waals surface area contributed by atoms with Gasteiger partial charge in [0.15, 0.2) is 0 Å². The number of carbonyl (C=O) groups is 1. The lowest BCUT2D eigenvalue weighted by molar-refractivity contribution is 0.0743. The number of carbonyl (C=O) groups excluding carboxylic acids is 1. The molecule has 4 nitrogen and oxygen atoms in total. The molecule has 0 radical (unpaired) electrons. The number of halogens is 1. The first-order valence-electron chi connectivity index (χ1n) is 4.86.